The summed E-state index contributed by atoms with van der Waals surface area (Å²) >= 11 is 1.85. The van der Waals surface area contributed by atoms with Crippen molar-refractivity contribution in [1.82, 2.24) is 0 Å². The summed E-state index contributed by atoms with van der Waals surface area (Å²) in [5.41, 5.74) is 2.38. The molecule has 0 spiro atoms. The first-order valence-electron chi connectivity index (χ1n) is 7.06. The van der Waals surface area contributed by atoms with E-state index in [4.69, 9.17) is 4.74 Å². The highest BCUT2D eigenvalue weighted by molar-refractivity contribution is 7.12. The maximum absolute atomic E-state index is 5.72. The van der Waals surface area contributed by atoms with Gasteiger partial charge in [0.15, 0.2) is 0 Å². The molecule has 20 heavy (non-hydrogen) atoms. The second kappa shape index (κ2) is 6.31. The molecule has 1 unspecified atom stereocenters. The number of aryl methyl sites for hydroxylation is 2. The van der Waals surface area contributed by atoms with Crippen molar-refractivity contribution in [3.8, 4) is 5.75 Å². The maximum Gasteiger partial charge on any atom is 0.120 e. The molecular weight excluding hydrogens is 266 g/mol. The first-order valence-corrected chi connectivity index (χ1v) is 7.87. The third-order valence-corrected chi connectivity index (χ3v) is 4.31. The lowest BCUT2D eigenvalue weighted by Gasteiger charge is -2.17. The molecule has 0 aliphatic heterocycles. The van der Waals surface area contributed by atoms with Crippen LogP contribution in [0.3, 0.4) is 0 Å². The Morgan fingerprint density at radius 2 is 1.80 bits per heavy atom. The Morgan fingerprint density at radius 1 is 1.05 bits per heavy atom. The molecule has 1 aromatic heterocycles. The number of anilines is 1. The van der Waals surface area contributed by atoms with Gasteiger partial charge in [0, 0.05) is 15.4 Å². The summed E-state index contributed by atoms with van der Waals surface area (Å²) in [4.78, 5) is 2.72. The van der Waals surface area contributed by atoms with Gasteiger partial charge in [-0.25, -0.2) is 0 Å². The van der Waals surface area contributed by atoms with E-state index in [1.165, 1.54) is 21.0 Å². The largest absolute Gasteiger partial charge is 0.491 e. The molecule has 0 aliphatic carbocycles. The lowest BCUT2D eigenvalue weighted by molar-refractivity contribution is 0.242. The number of thiophene rings is 1. The predicted octanol–water partition coefficient (Wildman–Crippen LogP) is 5.33. The number of hydrogen-bond acceptors (Lipinski definition) is 3. The van der Waals surface area contributed by atoms with Gasteiger partial charge in [-0.15, -0.1) is 11.3 Å². The van der Waals surface area contributed by atoms with E-state index in [1.807, 2.05) is 31.3 Å². The van der Waals surface area contributed by atoms with E-state index in [9.17, 15) is 0 Å². The molecule has 2 rings (SSSR count). The molecule has 1 N–H and O–H groups in total. The molecule has 0 saturated carbocycles. The minimum absolute atomic E-state index is 0.209. The highest BCUT2D eigenvalue weighted by atomic mass is 32.1. The molecule has 0 saturated heterocycles. The SMILES string of the molecule is Cc1ccc(C(C)Nc2ccc(OC(C)C)cc2C)s1. The van der Waals surface area contributed by atoms with Gasteiger partial charge in [0.1, 0.15) is 5.75 Å². The summed E-state index contributed by atoms with van der Waals surface area (Å²) in [5.74, 6) is 0.933. The third-order valence-electron chi connectivity index (χ3n) is 3.13. The van der Waals surface area contributed by atoms with Crippen molar-refractivity contribution < 1.29 is 4.74 Å². The summed E-state index contributed by atoms with van der Waals surface area (Å²) in [6.45, 7) is 10.5. The van der Waals surface area contributed by atoms with E-state index in [0.717, 1.165) is 5.75 Å². The number of nitrogens with one attached hydrogen (secondary N) is 1. The van der Waals surface area contributed by atoms with Crippen LogP contribution in [-0.2, 0) is 0 Å². The molecule has 0 bridgehead atoms. The number of ether oxygens (including phenoxy) is 1. The Labute approximate surface area is 125 Å². The minimum Gasteiger partial charge on any atom is -0.491 e. The van der Waals surface area contributed by atoms with Gasteiger partial charge in [0.2, 0.25) is 0 Å². The van der Waals surface area contributed by atoms with Crippen LogP contribution in [0.25, 0.3) is 0 Å². The molecule has 1 atom stereocenters. The van der Waals surface area contributed by atoms with Crippen LogP contribution in [0, 0.1) is 13.8 Å². The Morgan fingerprint density at radius 3 is 2.35 bits per heavy atom. The van der Waals surface area contributed by atoms with Crippen LogP contribution in [0.4, 0.5) is 5.69 Å². The number of rotatable bonds is 5. The highest BCUT2D eigenvalue weighted by Gasteiger charge is 2.09. The van der Waals surface area contributed by atoms with E-state index in [1.54, 1.807) is 0 Å². The standard InChI is InChI=1S/C17H23NOS/c1-11(2)19-15-7-8-16(12(3)10-15)18-14(5)17-9-6-13(4)20-17/h6-11,14,18H,1-5H3. The van der Waals surface area contributed by atoms with Crippen LogP contribution in [0.1, 0.15) is 42.1 Å². The first-order chi connectivity index (χ1) is 9.45. The van der Waals surface area contributed by atoms with Crippen molar-refractivity contribution in [3.05, 3.63) is 45.6 Å². The summed E-state index contributed by atoms with van der Waals surface area (Å²) in [5, 5.41) is 3.58. The maximum atomic E-state index is 5.72. The Balaban J connectivity index is 2.09. The molecule has 0 radical (unpaired) electrons. The number of benzene rings is 1. The van der Waals surface area contributed by atoms with E-state index >= 15 is 0 Å². The lowest BCUT2D eigenvalue weighted by Crippen LogP contribution is -2.08. The van der Waals surface area contributed by atoms with Gasteiger partial charge in [0.25, 0.3) is 0 Å². The molecular formula is C17H23NOS. The summed E-state index contributed by atoms with van der Waals surface area (Å²) in [6.07, 6.45) is 0.209. The van der Waals surface area contributed by atoms with Gasteiger partial charge in [-0.1, -0.05) is 0 Å². The van der Waals surface area contributed by atoms with Crippen molar-refractivity contribution in [2.45, 2.75) is 46.8 Å². The van der Waals surface area contributed by atoms with Gasteiger partial charge in [-0.3, -0.25) is 0 Å². The van der Waals surface area contributed by atoms with Gasteiger partial charge in [-0.05, 0) is 70.5 Å². The molecule has 3 heteroatoms. The van der Waals surface area contributed by atoms with Crippen LogP contribution in [0.5, 0.6) is 5.75 Å². The molecule has 1 aromatic carbocycles. The zero-order valence-electron chi connectivity index (χ0n) is 12.9. The molecule has 0 aliphatic rings. The predicted molar refractivity (Wildman–Crippen MR) is 88.0 cm³/mol. The normalized spacial score (nSPS) is 12.5. The zero-order valence-corrected chi connectivity index (χ0v) is 13.7. The Hall–Kier alpha value is -1.48. The Bertz CT molecular complexity index is 574. The zero-order chi connectivity index (χ0) is 14.7. The van der Waals surface area contributed by atoms with Gasteiger partial charge < -0.3 is 10.1 Å². The van der Waals surface area contributed by atoms with Crippen LogP contribution < -0.4 is 10.1 Å². The van der Waals surface area contributed by atoms with E-state index in [0.29, 0.717) is 6.04 Å². The van der Waals surface area contributed by atoms with Crippen molar-refractivity contribution in [1.29, 1.82) is 0 Å². The summed E-state index contributed by atoms with van der Waals surface area (Å²) in [7, 11) is 0. The summed E-state index contributed by atoms with van der Waals surface area (Å²) < 4.78 is 5.72. The average molecular weight is 289 g/mol. The topological polar surface area (TPSA) is 21.3 Å². The molecule has 2 aromatic rings. The van der Waals surface area contributed by atoms with Crippen molar-refractivity contribution in [2.75, 3.05) is 5.32 Å². The van der Waals surface area contributed by atoms with Crippen molar-refractivity contribution in [2.24, 2.45) is 0 Å². The van der Waals surface area contributed by atoms with Gasteiger partial charge in [-0.2, -0.15) is 0 Å². The molecule has 1 heterocycles. The smallest absolute Gasteiger partial charge is 0.120 e. The molecule has 0 fully saturated rings. The minimum atomic E-state index is 0.209. The van der Waals surface area contributed by atoms with Crippen LogP contribution in [-0.4, -0.2) is 6.10 Å². The van der Waals surface area contributed by atoms with E-state index in [2.05, 4.69) is 50.4 Å². The highest BCUT2D eigenvalue weighted by Crippen LogP contribution is 2.29. The second-order valence-corrected chi connectivity index (χ2v) is 6.78. The number of hydrogen-bond donors (Lipinski definition) is 1. The van der Waals surface area contributed by atoms with Crippen LogP contribution in [0.2, 0.25) is 0 Å². The monoisotopic (exact) mass is 289 g/mol. The molecule has 108 valence electrons. The van der Waals surface area contributed by atoms with Crippen molar-refractivity contribution >= 4 is 17.0 Å². The fourth-order valence-corrected chi connectivity index (χ4v) is 3.01. The quantitative estimate of drug-likeness (QED) is 0.803. The summed E-state index contributed by atoms with van der Waals surface area (Å²) in [6, 6.07) is 10.9. The first kappa shape index (κ1) is 14.9. The van der Waals surface area contributed by atoms with Crippen molar-refractivity contribution in [3.63, 3.8) is 0 Å². The second-order valence-electron chi connectivity index (χ2n) is 5.46. The van der Waals surface area contributed by atoms with Crippen LogP contribution in [0.15, 0.2) is 30.3 Å². The fraction of sp³-hybridized carbons (Fsp3) is 0.412. The lowest BCUT2D eigenvalue weighted by atomic mass is 10.1. The van der Waals surface area contributed by atoms with E-state index in [-0.39, 0.29) is 6.10 Å². The average Bonchev–Trinajstić information content (AvgIpc) is 2.78. The molecule has 2 nitrogen and oxygen atoms in total. The van der Waals surface area contributed by atoms with Gasteiger partial charge in [0.05, 0.1) is 12.1 Å². The van der Waals surface area contributed by atoms with Crippen LogP contribution >= 0.6 is 11.3 Å². The third kappa shape index (κ3) is 3.76. The molecule has 0 amide bonds. The fourth-order valence-electron chi connectivity index (χ4n) is 2.13. The van der Waals surface area contributed by atoms with Gasteiger partial charge >= 0.3 is 0 Å². The Kier molecular flexibility index (Phi) is 4.71. The van der Waals surface area contributed by atoms with E-state index < -0.39 is 0 Å².